The largest absolute Gasteiger partial charge is 0.497 e. The fraction of sp³-hybridized carbons (Fsp3) is 0.292. The monoisotopic (exact) mass is 401 g/mol. The van der Waals surface area contributed by atoms with Crippen molar-refractivity contribution in [3.8, 4) is 17.1 Å². The number of ether oxygens (including phenoxy) is 1. The molecule has 0 atom stereocenters. The fourth-order valence-corrected chi connectivity index (χ4v) is 4.62. The Bertz CT molecular complexity index is 1380. The molecule has 0 saturated heterocycles. The highest BCUT2D eigenvalue weighted by molar-refractivity contribution is 5.91. The number of methoxy groups -OCH3 is 1. The van der Waals surface area contributed by atoms with E-state index in [0.29, 0.717) is 16.9 Å². The quantitative estimate of drug-likeness (QED) is 0.486. The molecule has 0 aliphatic heterocycles. The zero-order chi connectivity index (χ0) is 20.8. The minimum Gasteiger partial charge on any atom is -0.497 e. The number of rotatable bonds is 3. The maximum absolute atomic E-state index is 13.7. The molecule has 0 unspecified atom stereocenters. The highest BCUT2D eigenvalue weighted by Crippen LogP contribution is 2.32. The first-order valence-electron chi connectivity index (χ1n) is 10.3. The van der Waals surface area contributed by atoms with Crippen LogP contribution in [0.4, 0.5) is 0 Å². The van der Waals surface area contributed by atoms with E-state index in [4.69, 9.17) is 9.72 Å². The number of benzene rings is 2. The van der Waals surface area contributed by atoms with Crippen LogP contribution in [0.3, 0.4) is 0 Å². The van der Waals surface area contributed by atoms with E-state index in [1.54, 1.807) is 17.7 Å². The predicted molar refractivity (Wildman–Crippen MR) is 118 cm³/mol. The van der Waals surface area contributed by atoms with E-state index in [-0.39, 0.29) is 22.4 Å². The van der Waals surface area contributed by atoms with Crippen LogP contribution < -0.4 is 15.7 Å². The molecule has 5 rings (SSSR count). The molecule has 0 amide bonds. The third kappa shape index (κ3) is 2.75. The summed E-state index contributed by atoms with van der Waals surface area (Å²) < 4.78 is 8.88. The van der Waals surface area contributed by atoms with E-state index in [1.807, 2.05) is 54.1 Å². The molecule has 0 N–H and O–H groups in total. The van der Waals surface area contributed by atoms with Gasteiger partial charge in [0.1, 0.15) is 17.0 Å². The number of nitrogens with zero attached hydrogens (tertiary/aromatic N) is 3. The van der Waals surface area contributed by atoms with Crippen molar-refractivity contribution >= 4 is 21.9 Å². The Morgan fingerprint density at radius 2 is 1.70 bits per heavy atom. The number of fused-ring (bicyclic) bond motifs is 2. The van der Waals surface area contributed by atoms with E-state index in [1.165, 1.54) is 0 Å². The average Bonchev–Trinajstić information content (AvgIpc) is 3.31. The maximum Gasteiger partial charge on any atom is 0.267 e. The lowest BCUT2D eigenvalue weighted by Gasteiger charge is -2.20. The van der Waals surface area contributed by atoms with E-state index < -0.39 is 0 Å². The topological polar surface area (TPSA) is 66.1 Å². The maximum atomic E-state index is 13.7. The van der Waals surface area contributed by atoms with Gasteiger partial charge >= 0.3 is 0 Å². The van der Waals surface area contributed by atoms with Gasteiger partial charge in [0.05, 0.1) is 12.6 Å². The van der Waals surface area contributed by atoms with Crippen molar-refractivity contribution in [1.29, 1.82) is 0 Å². The molecule has 2 aromatic heterocycles. The molecule has 4 aromatic rings. The molecule has 30 heavy (non-hydrogen) atoms. The summed E-state index contributed by atoms with van der Waals surface area (Å²) >= 11 is 0. The van der Waals surface area contributed by atoms with Gasteiger partial charge in [-0.25, -0.2) is 4.98 Å². The molecule has 152 valence electrons. The first-order valence-corrected chi connectivity index (χ1v) is 10.3. The van der Waals surface area contributed by atoms with E-state index in [2.05, 4.69) is 0 Å². The lowest BCUT2D eigenvalue weighted by molar-refractivity contribution is 0.415. The second-order valence-electron chi connectivity index (χ2n) is 7.88. The number of para-hydroxylation sites is 1. The minimum absolute atomic E-state index is 0.0580. The molecule has 0 bridgehead atoms. The number of aryl methyl sites for hydroxylation is 1. The molecule has 2 heterocycles. The summed E-state index contributed by atoms with van der Waals surface area (Å²) in [6.45, 7) is 0. The van der Waals surface area contributed by atoms with Crippen LogP contribution in [-0.4, -0.2) is 21.2 Å². The highest BCUT2D eigenvalue weighted by atomic mass is 16.5. The van der Waals surface area contributed by atoms with Crippen molar-refractivity contribution in [2.75, 3.05) is 7.11 Å². The van der Waals surface area contributed by atoms with Gasteiger partial charge in [0.25, 0.3) is 5.56 Å². The third-order valence-corrected chi connectivity index (χ3v) is 6.19. The molecule has 1 saturated carbocycles. The predicted octanol–water partition coefficient (Wildman–Crippen LogP) is 4.04. The van der Waals surface area contributed by atoms with Crippen LogP contribution in [0.5, 0.6) is 5.75 Å². The van der Waals surface area contributed by atoms with Gasteiger partial charge in [-0.3, -0.25) is 14.2 Å². The van der Waals surface area contributed by atoms with Crippen LogP contribution in [0.25, 0.3) is 33.3 Å². The molecule has 6 heteroatoms. The normalized spacial score (nSPS) is 14.6. The summed E-state index contributed by atoms with van der Waals surface area (Å²) in [6.07, 6.45) is 3.99. The van der Waals surface area contributed by atoms with Gasteiger partial charge in [0.15, 0.2) is 5.65 Å². The van der Waals surface area contributed by atoms with Crippen LogP contribution in [0.2, 0.25) is 0 Å². The van der Waals surface area contributed by atoms with Crippen LogP contribution in [0.15, 0.2) is 58.1 Å². The molecule has 1 aliphatic carbocycles. The Labute approximate surface area is 173 Å². The van der Waals surface area contributed by atoms with Gasteiger partial charge in [-0.15, -0.1) is 0 Å². The summed E-state index contributed by atoms with van der Waals surface area (Å²) in [5, 5.41) is 0.710. The molecule has 1 fully saturated rings. The molecule has 2 aromatic carbocycles. The summed E-state index contributed by atoms with van der Waals surface area (Å²) in [5.41, 5.74) is 1.53. The fourth-order valence-electron chi connectivity index (χ4n) is 4.62. The third-order valence-electron chi connectivity index (χ3n) is 6.19. The van der Waals surface area contributed by atoms with Crippen molar-refractivity contribution in [2.45, 2.75) is 31.7 Å². The Morgan fingerprint density at radius 1 is 1.00 bits per heavy atom. The average molecular weight is 401 g/mol. The molecule has 0 radical (unpaired) electrons. The van der Waals surface area contributed by atoms with Crippen molar-refractivity contribution in [3.05, 3.63) is 69.1 Å². The standard InChI is InChI=1S/C24H23N3O3/c1-26-19-10-6-5-9-18(19)21(28)20-23(26)25-22(15-11-13-17(30-2)14-12-15)27(24(20)29)16-7-3-4-8-16/h5-6,9-14,16H,3-4,7-8H2,1-2H3. The van der Waals surface area contributed by atoms with Crippen molar-refractivity contribution in [2.24, 2.45) is 7.05 Å². The van der Waals surface area contributed by atoms with Gasteiger partial charge in [-0.1, -0.05) is 25.0 Å². The first-order chi connectivity index (χ1) is 14.6. The van der Waals surface area contributed by atoms with Crippen molar-refractivity contribution in [3.63, 3.8) is 0 Å². The molecular formula is C24H23N3O3. The zero-order valence-corrected chi connectivity index (χ0v) is 17.1. The molecule has 0 spiro atoms. The lowest BCUT2D eigenvalue weighted by atomic mass is 10.1. The number of hydrogen-bond donors (Lipinski definition) is 0. The van der Waals surface area contributed by atoms with Gasteiger partial charge < -0.3 is 9.30 Å². The minimum atomic E-state index is -0.246. The van der Waals surface area contributed by atoms with Crippen LogP contribution in [0, 0.1) is 0 Å². The second-order valence-corrected chi connectivity index (χ2v) is 7.88. The zero-order valence-electron chi connectivity index (χ0n) is 17.1. The van der Waals surface area contributed by atoms with Gasteiger partial charge in [-0.2, -0.15) is 0 Å². The Hall–Kier alpha value is -3.41. The second kappa shape index (κ2) is 7.13. The Balaban J connectivity index is 1.91. The van der Waals surface area contributed by atoms with Gasteiger partial charge in [0.2, 0.25) is 5.43 Å². The highest BCUT2D eigenvalue weighted by Gasteiger charge is 2.25. The lowest BCUT2D eigenvalue weighted by Crippen LogP contribution is -2.31. The smallest absolute Gasteiger partial charge is 0.267 e. The summed E-state index contributed by atoms with van der Waals surface area (Å²) in [5.74, 6) is 1.35. The van der Waals surface area contributed by atoms with Crippen molar-refractivity contribution < 1.29 is 4.74 Å². The first kappa shape index (κ1) is 18.6. The van der Waals surface area contributed by atoms with Crippen molar-refractivity contribution in [1.82, 2.24) is 14.1 Å². The summed E-state index contributed by atoms with van der Waals surface area (Å²) in [4.78, 5) is 31.9. The van der Waals surface area contributed by atoms with Gasteiger partial charge in [0, 0.05) is 24.0 Å². The molecule has 6 nitrogen and oxygen atoms in total. The van der Waals surface area contributed by atoms with Gasteiger partial charge in [-0.05, 0) is 49.2 Å². The number of hydrogen-bond acceptors (Lipinski definition) is 4. The SMILES string of the molecule is COc1ccc(-c2nc3c(c(=O)c4ccccc4n3C)c(=O)n2C2CCCC2)cc1. The number of pyridine rings is 1. The summed E-state index contributed by atoms with van der Waals surface area (Å²) in [6, 6.07) is 15.0. The Kier molecular flexibility index (Phi) is 4.42. The Morgan fingerprint density at radius 3 is 2.40 bits per heavy atom. The van der Waals surface area contributed by atoms with Crippen LogP contribution in [0.1, 0.15) is 31.7 Å². The van der Waals surface area contributed by atoms with Crippen LogP contribution in [-0.2, 0) is 7.05 Å². The van der Waals surface area contributed by atoms with E-state index in [9.17, 15) is 9.59 Å². The summed E-state index contributed by atoms with van der Waals surface area (Å²) in [7, 11) is 3.48. The van der Waals surface area contributed by atoms with E-state index in [0.717, 1.165) is 42.5 Å². The van der Waals surface area contributed by atoms with E-state index >= 15 is 0 Å². The number of aromatic nitrogens is 3. The van der Waals surface area contributed by atoms with Crippen LogP contribution >= 0.6 is 0 Å². The molecular weight excluding hydrogens is 378 g/mol. The molecule has 1 aliphatic rings.